The summed E-state index contributed by atoms with van der Waals surface area (Å²) in [7, 11) is -1.41. The summed E-state index contributed by atoms with van der Waals surface area (Å²) in [4.78, 5) is 0. The van der Waals surface area contributed by atoms with E-state index in [1.165, 1.54) is 0 Å². The highest BCUT2D eigenvalue weighted by Gasteiger charge is 2.81. The third-order valence-corrected chi connectivity index (χ3v) is 5.55. The Bertz CT molecular complexity index is 363. The molecule has 0 aromatic carbocycles. The van der Waals surface area contributed by atoms with Gasteiger partial charge in [-0.1, -0.05) is 6.04 Å². The zero-order valence-electron chi connectivity index (χ0n) is 11.3. The summed E-state index contributed by atoms with van der Waals surface area (Å²) in [6, 6.07) is -0.499. The molecule has 0 N–H and O–H groups in total. The number of hydrogen-bond acceptors (Lipinski definition) is 1. The van der Waals surface area contributed by atoms with E-state index in [4.69, 9.17) is 4.74 Å². The van der Waals surface area contributed by atoms with Crippen molar-refractivity contribution in [1.29, 1.82) is 0 Å². The molecule has 1 nitrogen and oxygen atoms in total. The first-order valence-electron chi connectivity index (χ1n) is 6.65. The van der Waals surface area contributed by atoms with Gasteiger partial charge in [0.1, 0.15) is 0 Å². The Balaban J connectivity index is 2.66. The van der Waals surface area contributed by atoms with E-state index >= 15 is 0 Å². The van der Waals surface area contributed by atoms with Crippen molar-refractivity contribution >= 4 is 9.52 Å². The number of hydrogen-bond donors (Lipinski definition) is 0. The average molecular weight is 362 g/mol. The van der Waals surface area contributed by atoms with Crippen LogP contribution in [0.3, 0.4) is 0 Å². The molecule has 22 heavy (non-hydrogen) atoms. The molecular formula is C11H15F9OSi. The van der Waals surface area contributed by atoms with Crippen LogP contribution in [0.4, 0.5) is 39.5 Å². The lowest BCUT2D eigenvalue weighted by Crippen LogP contribution is -2.60. The van der Waals surface area contributed by atoms with Crippen molar-refractivity contribution in [2.45, 2.75) is 61.4 Å². The zero-order chi connectivity index (χ0) is 17.2. The molecule has 1 heterocycles. The minimum absolute atomic E-state index is 0.318. The van der Waals surface area contributed by atoms with Crippen molar-refractivity contribution < 1.29 is 44.3 Å². The Morgan fingerprint density at radius 1 is 0.864 bits per heavy atom. The van der Waals surface area contributed by atoms with Crippen LogP contribution in [0, 0.1) is 0 Å². The maximum absolute atomic E-state index is 13.2. The smallest absolute Gasteiger partial charge is 0.382 e. The molecule has 0 radical (unpaired) electrons. The van der Waals surface area contributed by atoms with Gasteiger partial charge in [-0.15, -0.1) is 0 Å². The van der Waals surface area contributed by atoms with Crippen LogP contribution in [0.25, 0.3) is 0 Å². The van der Waals surface area contributed by atoms with Gasteiger partial charge in [0, 0.05) is 18.8 Å². The fraction of sp³-hybridized carbons (Fsp3) is 1.00. The quantitative estimate of drug-likeness (QED) is 0.513. The molecule has 0 spiro atoms. The molecule has 0 saturated carbocycles. The van der Waals surface area contributed by atoms with Crippen molar-refractivity contribution in [2.75, 3.05) is 6.61 Å². The molecule has 0 amide bonds. The molecule has 1 unspecified atom stereocenters. The van der Waals surface area contributed by atoms with E-state index in [1.807, 2.05) is 0 Å². The highest BCUT2D eigenvalue weighted by atomic mass is 28.2. The molecule has 1 saturated heterocycles. The topological polar surface area (TPSA) is 9.23 Å². The van der Waals surface area contributed by atoms with E-state index in [9.17, 15) is 39.5 Å². The lowest BCUT2D eigenvalue weighted by atomic mass is 10.0. The molecule has 0 aromatic heterocycles. The summed E-state index contributed by atoms with van der Waals surface area (Å²) in [5.74, 6) is -18.7. The van der Waals surface area contributed by atoms with E-state index in [-0.39, 0.29) is 5.73 Å². The van der Waals surface area contributed by atoms with Gasteiger partial charge >= 0.3 is 23.9 Å². The average Bonchev–Trinajstić information content (AvgIpc) is 2.38. The van der Waals surface area contributed by atoms with Crippen LogP contribution in [0.1, 0.15) is 25.7 Å². The van der Waals surface area contributed by atoms with Gasteiger partial charge in [0.2, 0.25) is 0 Å². The SMILES string of the molecule is FC(F)(F)C(F)(F)C(F)(F)C(F)(F)CC[SiH2]C1CCCCO1. The third kappa shape index (κ3) is 3.90. The van der Waals surface area contributed by atoms with Crippen molar-refractivity contribution in [3.05, 3.63) is 0 Å². The molecule has 0 aromatic rings. The van der Waals surface area contributed by atoms with Crippen molar-refractivity contribution in [2.24, 2.45) is 0 Å². The van der Waals surface area contributed by atoms with Crippen molar-refractivity contribution in [1.82, 2.24) is 0 Å². The monoisotopic (exact) mass is 362 g/mol. The molecule has 1 fully saturated rings. The Labute approximate surface area is 123 Å². The highest BCUT2D eigenvalue weighted by Crippen LogP contribution is 2.54. The van der Waals surface area contributed by atoms with E-state index in [1.54, 1.807) is 0 Å². The largest absolute Gasteiger partial charge is 0.460 e. The second kappa shape index (κ2) is 6.58. The van der Waals surface area contributed by atoms with Gasteiger partial charge in [0.05, 0.1) is 9.52 Å². The summed E-state index contributed by atoms with van der Waals surface area (Å²) < 4.78 is 119. The summed E-state index contributed by atoms with van der Waals surface area (Å²) in [6.45, 7) is 0.413. The minimum atomic E-state index is -6.79. The van der Waals surface area contributed by atoms with E-state index in [0.29, 0.717) is 13.0 Å². The second-order valence-corrected chi connectivity index (χ2v) is 7.43. The molecule has 0 aliphatic carbocycles. The molecule has 132 valence electrons. The van der Waals surface area contributed by atoms with Crippen LogP contribution in [-0.4, -0.2) is 45.8 Å². The maximum Gasteiger partial charge on any atom is 0.460 e. The van der Waals surface area contributed by atoms with Gasteiger partial charge < -0.3 is 4.74 Å². The fourth-order valence-corrected chi connectivity index (χ4v) is 4.17. The van der Waals surface area contributed by atoms with Gasteiger partial charge in [-0.3, -0.25) is 0 Å². The van der Waals surface area contributed by atoms with Crippen LogP contribution >= 0.6 is 0 Å². The number of alkyl halides is 9. The number of rotatable bonds is 6. The molecule has 1 aliphatic heterocycles. The molecular weight excluding hydrogens is 347 g/mol. The fourth-order valence-electron chi connectivity index (χ4n) is 2.15. The first-order valence-corrected chi connectivity index (χ1v) is 8.46. The Kier molecular flexibility index (Phi) is 5.86. The standard InChI is InChI=1S/C11H15F9OSi/c12-8(13,4-6-22-7-3-1-2-5-21-7)9(14,15)10(16,17)11(18,19)20/h7H,1-6,22H2. The lowest BCUT2D eigenvalue weighted by Gasteiger charge is -2.34. The minimum Gasteiger partial charge on any atom is -0.382 e. The summed E-state index contributed by atoms with van der Waals surface area (Å²) in [5.41, 5.74) is -0.318. The van der Waals surface area contributed by atoms with Crippen LogP contribution in [0.5, 0.6) is 0 Å². The van der Waals surface area contributed by atoms with Crippen LogP contribution in [0.2, 0.25) is 6.04 Å². The van der Waals surface area contributed by atoms with E-state index in [2.05, 4.69) is 0 Å². The lowest BCUT2D eigenvalue weighted by molar-refractivity contribution is -0.396. The van der Waals surface area contributed by atoms with Crippen LogP contribution in [-0.2, 0) is 4.74 Å². The van der Waals surface area contributed by atoms with Gasteiger partial charge in [-0.2, -0.15) is 39.5 Å². The summed E-state index contributed by atoms with van der Waals surface area (Å²) in [5, 5.41) is 0. The Hall–Kier alpha value is -0.453. The summed E-state index contributed by atoms with van der Waals surface area (Å²) >= 11 is 0. The molecule has 0 bridgehead atoms. The number of ether oxygens (including phenoxy) is 1. The molecule has 1 rings (SSSR count). The van der Waals surface area contributed by atoms with Crippen molar-refractivity contribution in [3.63, 3.8) is 0 Å². The molecule has 1 aliphatic rings. The van der Waals surface area contributed by atoms with Gasteiger partial charge in [-0.05, 0) is 19.3 Å². The Morgan fingerprint density at radius 2 is 1.45 bits per heavy atom. The maximum atomic E-state index is 13.2. The predicted molar refractivity (Wildman–Crippen MR) is 62.5 cm³/mol. The molecule has 1 atom stereocenters. The first-order chi connectivity index (χ1) is 9.83. The third-order valence-electron chi connectivity index (χ3n) is 3.50. The van der Waals surface area contributed by atoms with Crippen LogP contribution < -0.4 is 0 Å². The van der Waals surface area contributed by atoms with Gasteiger partial charge in [-0.25, -0.2) is 0 Å². The second-order valence-electron chi connectivity index (χ2n) is 5.23. The van der Waals surface area contributed by atoms with E-state index < -0.39 is 45.9 Å². The van der Waals surface area contributed by atoms with Gasteiger partial charge in [0.25, 0.3) is 0 Å². The first kappa shape index (κ1) is 19.6. The molecule has 11 heteroatoms. The predicted octanol–water partition coefficient (Wildman–Crippen LogP) is 3.96. The highest BCUT2D eigenvalue weighted by molar-refractivity contribution is 6.37. The normalized spacial score (nSPS) is 22.5. The Morgan fingerprint density at radius 3 is 1.91 bits per heavy atom. The van der Waals surface area contributed by atoms with Gasteiger partial charge in [0.15, 0.2) is 0 Å². The van der Waals surface area contributed by atoms with E-state index in [0.717, 1.165) is 12.8 Å². The zero-order valence-corrected chi connectivity index (χ0v) is 12.8. The van der Waals surface area contributed by atoms with Crippen molar-refractivity contribution in [3.8, 4) is 0 Å². The summed E-state index contributed by atoms with van der Waals surface area (Å²) in [6.07, 6.45) is -6.30. The number of halogens is 9. The van der Waals surface area contributed by atoms with Crippen LogP contribution in [0.15, 0.2) is 0 Å².